The summed E-state index contributed by atoms with van der Waals surface area (Å²) < 4.78 is 0. The molecule has 132 valence electrons. The molecule has 0 radical (unpaired) electrons. The number of nitrogens with zero attached hydrogens (tertiary/aromatic N) is 2. The highest BCUT2D eigenvalue weighted by atomic mass is 16.1. The maximum atomic E-state index is 12.3. The van der Waals surface area contributed by atoms with E-state index in [2.05, 4.69) is 52.5 Å². The molecule has 0 saturated carbocycles. The first-order chi connectivity index (χ1) is 12.2. The average Bonchev–Trinajstić information content (AvgIpc) is 2.64. The third-order valence-corrected chi connectivity index (χ3v) is 4.92. The van der Waals surface area contributed by atoms with Crippen LogP contribution in [0, 0.1) is 5.92 Å². The highest BCUT2D eigenvalue weighted by Crippen LogP contribution is 2.19. The number of piperidine rings is 1. The van der Waals surface area contributed by atoms with Crippen LogP contribution in [0.25, 0.3) is 0 Å². The Morgan fingerprint density at radius 3 is 2.72 bits per heavy atom. The summed E-state index contributed by atoms with van der Waals surface area (Å²) in [5.41, 5.74) is 2.33. The molecule has 2 heterocycles. The summed E-state index contributed by atoms with van der Waals surface area (Å²) in [5.74, 6) is 0.607. The summed E-state index contributed by atoms with van der Waals surface area (Å²) in [6, 6.07) is 16.7. The van der Waals surface area contributed by atoms with E-state index in [1.807, 2.05) is 18.2 Å². The predicted octanol–water partition coefficient (Wildman–Crippen LogP) is 3.04. The van der Waals surface area contributed by atoms with Gasteiger partial charge in [-0.05, 0) is 36.5 Å². The van der Waals surface area contributed by atoms with Gasteiger partial charge in [0, 0.05) is 44.0 Å². The maximum Gasteiger partial charge on any atom is 0.220 e. The molecular formula is C21H27N3O. The van der Waals surface area contributed by atoms with Gasteiger partial charge in [0.2, 0.25) is 5.91 Å². The van der Waals surface area contributed by atoms with Crippen LogP contribution >= 0.6 is 0 Å². The second kappa shape index (κ2) is 8.77. The molecule has 4 heteroatoms. The molecule has 4 nitrogen and oxygen atoms in total. The molecule has 0 spiro atoms. The number of benzene rings is 1. The molecule has 2 aromatic rings. The van der Waals surface area contributed by atoms with Crippen molar-refractivity contribution >= 4 is 5.91 Å². The van der Waals surface area contributed by atoms with Crippen molar-refractivity contribution in [3.63, 3.8) is 0 Å². The van der Waals surface area contributed by atoms with Gasteiger partial charge in [-0.2, -0.15) is 0 Å². The molecule has 1 aliphatic heterocycles. The number of rotatable bonds is 6. The van der Waals surface area contributed by atoms with Gasteiger partial charge in [0.25, 0.3) is 0 Å². The Balaban J connectivity index is 1.43. The number of pyridine rings is 1. The Hall–Kier alpha value is -2.20. The van der Waals surface area contributed by atoms with Crippen LogP contribution in [0.1, 0.15) is 31.0 Å². The normalized spacial score (nSPS) is 21.0. The SMILES string of the molecule is C[C@H]1CN(Cc2ccccc2)CC[C@@H]1NC(=O)CCc1ccccn1. The van der Waals surface area contributed by atoms with Crippen molar-refractivity contribution in [3.05, 3.63) is 66.0 Å². The maximum absolute atomic E-state index is 12.3. The number of amides is 1. The Kier molecular flexibility index (Phi) is 6.18. The summed E-state index contributed by atoms with van der Waals surface area (Å²) >= 11 is 0. The lowest BCUT2D eigenvalue weighted by atomic mass is 9.93. The third-order valence-electron chi connectivity index (χ3n) is 4.92. The molecule has 1 saturated heterocycles. The number of carbonyl (C=O) groups excluding carboxylic acids is 1. The van der Waals surface area contributed by atoms with Crippen molar-refractivity contribution in [3.8, 4) is 0 Å². The zero-order chi connectivity index (χ0) is 17.5. The quantitative estimate of drug-likeness (QED) is 0.881. The smallest absolute Gasteiger partial charge is 0.220 e. The Labute approximate surface area is 150 Å². The van der Waals surface area contributed by atoms with E-state index >= 15 is 0 Å². The van der Waals surface area contributed by atoms with Gasteiger partial charge < -0.3 is 5.32 Å². The van der Waals surface area contributed by atoms with E-state index in [0.29, 0.717) is 18.8 Å². The van der Waals surface area contributed by atoms with E-state index in [1.54, 1.807) is 6.20 Å². The third kappa shape index (κ3) is 5.40. The fourth-order valence-corrected chi connectivity index (χ4v) is 3.50. The van der Waals surface area contributed by atoms with Crippen molar-refractivity contribution in [2.75, 3.05) is 13.1 Å². The van der Waals surface area contributed by atoms with Crippen LogP contribution in [-0.2, 0) is 17.8 Å². The van der Waals surface area contributed by atoms with Crippen LogP contribution in [0.15, 0.2) is 54.7 Å². The van der Waals surface area contributed by atoms with Crippen molar-refractivity contribution in [1.29, 1.82) is 0 Å². The first kappa shape index (κ1) is 17.6. The molecule has 0 bridgehead atoms. The minimum atomic E-state index is 0.138. The van der Waals surface area contributed by atoms with Crippen LogP contribution in [0.4, 0.5) is 0 Å². The second-order valence-electron chi connectivity index (χ2n) is 6.98. The van der Waals surface area contributed by atoms with Gasteiger partial charge in [-0.3, -0.25) is 14.7 Å². The molecular weight excluding hydrogens is 310 g/mol. The zero-order valence-corrected chi connectivity index (χ0v) is 14.9. The number of aryl methyl sites for hydroxylation is 1. The van der Waals surface area contributed by atoms with Crippen molar-refractivity contribution < 1.29 is 4.79 Å². The molecule has 25 heavy (non-hydrogen) atoms. The molecule has 3 rings (SSSR count). The Morgan fingerprint density at radius 2 is 2.00 bits per heavy atom. The monoisotopic (exact) mass is 337 g/mol. The average molecular weight is 337 g/mol. The fraction of sp³-hybridized carbons (Fsp3) is 0.429. The summed E-state index contributed by atoms with van der Waals surface area (Å²) in [7, 11) is 0. The standard InChI is InChI=1S/C21H27N3O/c1-17-15-24(16-18-7-3-2-4-8-18)14-12-20(17)23-21(25)11-10-19-9-5-6-13-22-19/h2-9,13,17,20H,10-12,14-16H2,1H3,(H,23,25)/t17-,20-/m0/s1. The van der Waals surface area contributed by atoms with Crippen LogP contribution in [0.5, 0.6) is 0 Å². The van der Waals surface area contributed by atoms with E-state index < -0.39 is 0 Å². The van der Waals surface area contributed by atoms with Gasteiger partial charge in [-0.15, -0.1) is 0 Å². The van der Waals surface area contributed by atoms with E-state index in [9.17, 15) is 4.79 Å². The summed E-state index contributed by atoms with van der Waals surface area (Å²) in [4.78, 5) is 19.0. The van der Waals surface area contributed by atoms with Gasteiger partial charge in [0.1, 0.15) is 0 Å². The van der Waals surface area contributed by atoms with Crippen molar-refractivity contribution in [1.82, 2.24) is 15.2 Å². The van der Waals surface area contributed by atoms with Gasteiger partial charge in [0.15, 0.2) is 0 Å². The number of carbonyl (C=O) groups is 1. The Bertz CT molecular complexity index is 659. The van der Waals surface area contributed by atoms with Crippen LogP contribution in [-0.4, -0.2) is 34.9 Å². The zero-order valence-electron chi connectivity index (χ0n) is 14.9. The number of aromatic nitrogens is 1. The van der Waals surface area contributed by atoms with Gasteiger partial charge in [0.05, 0.1) is 0 Å². The van der Waals surface area contributed by atoms with E-state index in [-0.39, 0.29) is 11.9 Å². The first-order valence-electron chi connectivity index (χ1n) is 9.16. The van der Waals surface area contributed by atoms with E-state index in [0.717, 1.165) is 31.7 Å². The minimum Gasteiger partial charge on any atom is -0.353 e. The van der Waals surface area contributed by atoms with Crippen LogP contribution in [0.3, 0.4) is 0 Å². The van der Waals surface area contributed by atoms with Crippen LogP contribution in [0.2, 0.25) is 0 Å². The highest BCUT2D eigenvalue weighted by molar-refractivity contribution is 5.76. The minimum absolute atomic E-state index is 0.138. The second-order valence-corrected chi connectivity index (χ2v) is 6.98. The lowest BCUT2D eigenvalue weighted by Crippen LogP contribution is -2.49. The van der Waals surface area contributed by atoms with Crippen molar-refractivity contribution in [2.45, 2.75) is 38.8 Å². The topological polar surface area (TPSA) is 45.2 Å². The van der Waals surface area contributed by atoms with Gasteiger partial charge in [-0.25, -0.2) is 0 Å². The van der Waals surface area contributed by atoms with Gasteiger partial charge >= 0.3 is 0 Å². The fourth-order valence-electron chi connectivity index (χ4n) is 3.50. The lowest BCUT2D eigenvalue weighted by molar-refractivity contribution is -0.122. The molecule has 0 aliphatic carbocycles. The molecule has 2 atom stereocenters. The molecule has 0 unspecified atom stereocenters. The largest absolute Gasteiger partial charge is 0.353 e. The van der Waals surface area contributed by atoms with E-state index in [4.69, 9.17) is 0 Å². The molecule has 1 N–H and O–H groups in total. The first-order valence-corrected chi connectivity index (χ1v) is 9.16. The molecule has 1 amide bonds. The molecule has 1 aliphatic rings. The van der Waals surface area contributed by atoms with E-state index in [1.165, 1.54) is 5.56 Å². The van der Waals surface area contributed by atoms with Crippen molar-refractivity contribution in [2.24, 2.45) is 5.92 Å². The molecule has 1 fully saturated rings. The molecule has 1 aromatic heterocycles. The molecule has 1 aromatic carbocycles. The lowest BCUT2D eigenvalue weighted by Gasteiger charge is -2.37. The summed E-state index contributed by atoms with van der Waals surface area (Å²) in [5, 5.41) is 3.23. The summed E-state index contributed by atoms with van der Waals surface area (Å²) in [6.07, 6.45) is 4.00. The number of hydrogen-bond acceptors (Lipinski definition) is 3. The number of likely N-dealkylation sites (tertiary alicyclic amines) is 1. The van der Waals surface area contributed by atoms with Crippen LogP contribution < -0.4 is 5.32 Å². The number of nitrogens with one attached hydrogen (secondary N) is 1. The predicted molar refractivity (Wildman–Crippen MR) is 100.0 cm³/mol. The number of hydrogen-bond donors (Lipinski definition) is 1. The summed E-state index contributed by atoms with van der Waals surface area (Å²) in [6.45, 7) is 5.29. The Morgan fingerprint density at radius 1 is 1.20 bits per heavy atom. The highest BCUT2D eigenvalue weighted by Gasteiger charge is 2.27. The van der Waals surface area contributed by atoms with Gasteiger partial charge in [-0.1, -0.05) is 43.3 Å².